The van der Waals surface area contributed by atoms with Crippen molar-refractivity contribution in [2.24, 2.45) is 0 Å². The lowest BCUT2D eigenvalue weighted by Gasteiger charge is -2.00. The summed E-state index contributed by atoms with van der Waals surface area (Å²) in [5.41, 5.74) is 2.65. The number of hydrogen-bond acceptors (Lipinski definition) is 2. The summed E-state index contributed by atoms with van der Waals surface area (Å²) in [6.45, 7) is 3.80. The Balaban J connectivity index is 2.79. The van der Waals surface area contributed by atoms with Crippen molar-refractivity contribution in [1.82, 2.24) is 15.0 Å². The monoisotopic (exact) mass is 181 g/mol. The summed E-state index contributed by atoms with van der Waals surface area (Å²) < 4.78 is 0. The molecule has 0 aromatic heterocycles. The average Bonchev–Trinajstić information content (AvgIpc) is 2.29. The molecule has 1 N–H and O–H groups in total. The van der Waals surface area contributed by atoms with E-state index in [0.717, 1.165) is 22.9 Å². The van der Waals surface area contributed by atoms with Crippen LogP contribution in [-0.4, -0.2) is 15.0 Å². The Kier molecular flexibility index (Phi) is 1.54. The number of halogens is 1. The first-order valence-electron chi connectivity index (χ1n) is 3.66. The molecule has 0 radical (unpaired) electrons. The van der Waals surface area contributed by atoms with Gasteiger partial charge in [0.2, 0.25) is 0 Å². The van der Waals surface area contributed by atoms with Crippen LogP contribution in [0.4, 0.5) is 0 Å². The highest BCUT2D eigenvalue weighted by atomic mass is 35.5. The van der Waals surface area contributed by atoms with Crippen molar-refractivity contribution in [3.05, 3.63) is 22.7 Å². The standard InChI is InChI=1S/C8H8ClN3/c1-4-3-6-7(10-4)8(9)12-5(2)11-6/h3H,1-2H3,(H,11,12). The van der Waals surface area contributed by atoms with Crippen LogP contribution in [0.3, 0.4) is 0 Å². The van der Waals surface area contributed by atoms with E-state index in [9.17, 15) is 0 Å². The smallest absolute Gasteiger partial charge is 0.158 e. The van der Waals surface area contributed by atoms with Gasteiger partial charge >= 0.3 is 0 Å². The number of hydrogen-bond donors (Lipinski definition) is 1. The molecular weight excluding hydrogens is 174 g/mol. The highest BCUT2D eigenvalue weighted by Crippen LogP contribution is 2.26. The Morgan fingerprint density at radius 1 is 1.33 bits per heavy atom. The molecule has 2 aliphatic rings. The van der Waals surface area contributed by atoms with Crippen LogP contribution >= 0.6 is 11.6 Å². The van der Waals surface area contributed by atoms with Crippen molar-refractivity contribution in [3.63, 3.8) is 0 Å². The first-order chi connectivity index (χ1) is 5.66. The van der Waals surface area contributed by atoms with E-state index < -0.39 is 0 Å². The van der Waals surface area contributed by atoms with Gasteiger partial charge < -0.3 is 4.98 Å². The number of aromatic nitrogens is 3. The first kappa shape index (κ1) is 7.55. The van der Waals surface area contributed by atoms with Crippen molar-refractivity contribution in [2.75, 3.05) is 0 Å². The second-order valence-electron chi connectivity index (χ2n) is 2.77. The molecule has 62 valence electrons. The van der Waals surface area contributed by atoms with Gasteiger partial charge in [0.15, 0.2) is 5.15 Å². The molecule has 0 aliphatic carbocycles. The van der Waals surface area contributed by atoms with Crippen LogP contribution in [0.5, 0.6) is 0 Å². The number of nitrogens with one attached hydrogen (secondary N) is 1. The highest BCUT2D eigenvalue weighted by molar-refractivity contribution is 6.31. The molecule has 0 fully saturated rings. The molecule has 2 heterocycles. The third kappa shape index (κ3) is 1.06. The number of rotatable bonds is 0. The predicted octanol–water partition coefficient (Wildman–Crippen LogP) is 2.18. The summed E-state index contributed by atoms with van der Waals surface area (Å²) in [5.74, 6) is 0.805. The molecule has 0 aromatic carbocycles. The molecule has 3 nitrogen and oxygen atoms in total. The molecule has 0 amide bonds. The Hall–Kier alpha value is -1.09. The average molecular weight is 182 g/mol. The minimum absolute atomic E-state index is 0.467. The Morgan fingerprint density at radius 3 is 2.83 bits per heavy atom. The van der Waals surface area contributed by atoms with Crippen molar-refractivity contribution in [1.29, 1.82) is 0 Å². The third-order valence-corrected chi connectivity index (χ3v) is 1.94. The summed E-state index contributed by atoms with van der Waals surface area (Å²) in [6.07, 6.45) is 0. The molecule has 0 saturated carbocycles. The van der Waals surface area contributed by atoms with Gasteiger partial charge in [0.05, 0.1) is 5.69 Å². The maximum Gasteiger partial charge on any atom is 0.158 e. The van der Waals surface area contributed by atoms with E-state index in [0.29, 0.717) is 5.15 Å². The number of aromatic amines is 1. The van der Waals surface area contributed by atoms with Crippen molar-refractivity contribution in [2.45, 2.75) is 13.8 Å². The van der Waals surface area contributed by atoms with Gasteiger partial charge in [0, 0.05) is 5.69 Å². The zero-order valence-corrected chi connectivity index (χ0v) is 7.61. The molecular formula is C8H8ClN3. The van der Waals surface area contributed by atoms with Gasteiger partial charge in [-0.2, -0.15) is 0 Å². The zero-order valence-electron chi connectivity index (χ0n) is 6.85. The number of nitrogens with zero attached hydrogens (tertiary/aromatic N) is 2. The van der Waals surface area contributed by atoms with E-state index in [1.54, 1.807) is 0 Å². The SMILES string of the molecule is Cc1cc2[nH]c(C)nc(Cl)c-2n1. The maximum absolute atomic E-state index is 5.88. The molecule has 2 aliphatic heterocycles. The summed E-state index contributed by atoms with van der Waals surface area (Å²) >= 11 is 5.88. The lowest BCUT2D eigenvalue weighted by molar-refractivity contribution is 1.05. The quantitative estimate of drug-likeness (QED) is 0.633. The predicted molar refractivity (Wildman–Crippen MR) is 47.5 cm³/mol. The Bertz CT molecular complexity index is 394. The van der Waals surface area contributed by atoms with Crippen LogP contribution in [0.25, 0.3) is 11.4 Å². The van der Waals surface area contributed by atoms with Gasteiger partial charge in [-0.05, 0) is 19.9 Å². The number of aryl methyl sites for hydroxylation is 2. The van der Waals surface area contributed by atoms with E-state index in [4.69, 9.17) is 11.6 Å². The third-order valence-electron chi connectivity index (χ3n) is 1.67. The van der Waals surface area contributed by atoms with Gasteiger partial charge in [0.1, 0.15) is 11.5 Å². The normalized spacial score (nSPS) is 10.9. The van der Waals surface area contributed by atoms with Gasteiger partial charge in [0.25, 0.3) is 0 Å². The van der Waals surface area contributed by atoms with E-state index in [-0.39, 0.29) is 0 Å². The van der Waals surface area contributed by atoms with E-state index >= 15 is 0 Å². The lowest BCUT2D eigenvalue weighted by Crippen LogP contribution is -1.92. The van der Waals surface area contributed by atoms with Crippen molar-refractivity contribution < 1.29 is 0 Å². The minimum Gasteiger partial charge on any atom is -0.342 e. The van der Waals surface area contributed by atoms with Crippen LogP contribution in [0.2, 0.25) is 5.15 Å². The lowest BCUT2D eigenvalue weighted by atomic mass is 10.3. The van der Waals surface area contributed by atoms with Crippen molar-refractivity contribution in [3.8, 4) is 11.4 Å². The summed E-state index contributed by atoms with van der Waals surface area (Å²) in [7, 11) is 0. The molecule has 0 saturated heterocycles. The number of fused-ring (bicyclic) bond motifs is 1. The van der Waals surface area contributed by atoms with Gasteiger partial charge in [-0.3, -0.25) is 0 Å². The second kappa shape index (κ2) is 2.45. The Morgan fingerprint density at radius 2 is 2.08 bits per heavy atom. The van der Waals surface area contributed by atoms with E-state index in [2.05, 4.69) is 15.0 Å². The molecule has 4 heteroatoms. The summed E-state index contributed by atoms with van der Waals surface area (Å²) in [6, 6.07) is 1.95. The van der Waals surface area contributed by atoms with Crippen LogP contribution in [0.15, 0.2) is 6.07 Å². The van der Waals surface area contributed by atoms with Crippen molar-refractivity contribution >= 4 is 11.6 Å². The summed E-state index contributed by atoms with van der Waals surface area (Å²) in [5, 5.41) is 0.467. The molecule has 2 rings (SSSR count). The van der Waals surface area contributed by atoms with Gasteiger partial charge in [-0.15, -0.1) is 0 Å². The van der Waals surface area contributed by atoms with Gasteiger partial charge in [-0.1, -0.05) is 11.6 Å². The largest absolute Gasteiger partial charge is 0.342 e. The zero-order chi connectivity index (χ0) is 8.72. The fraction of sp³-hybridized carbons (Fsp3) is 0.250. The van der Waals surface area contributed by atoms with Crippen LogP contribution in [0.1, 0.15) is 11.5 Å². The molecule has 0 bridgehead atoms. The maximum atomic E-state index is 5.88. The highest BCUT2D eigenvalue weighted by Gasteiger charge is 2.12. The summed E-state index contributed by atoms with van der Waals surface area (Å²) in [4.78, 5) is 11.4. The fourth-order valence-electron chi connectivity index (χ4n) is 1.22. The second-order valence-corrected chi connectivity index (χ2v) is 3.13. The van der Waals surface area contributed by atoms with Crippen LogP contribution < -0.4 is 0 Å². The van der Waals surface area contributed by atoms with Crippen LogP contribution in [-0.2, 0) is 0 Å². The molecule has 12 heavy (non-hydrogen) atoms. The Labute approximate surface area is 75.1 Å². The molecule has 0 atom stereocenters. The fourth-order valence-corrected chi connectivity index (χ4v) is 1.49. The molecule has 0 aromatic rings. The first-order valence-corrected chi connectivity index (χ1v) is 4.04. The molecule has 0 unspecified atom stereocenters. The number of H-pyrrole nitrogens is 1. The van der Waals surface area contributed by atoms with Gasteiger partial charge in [-0.25, -0.2) is 9.97 Å². The molecule has 0 spiro atoms. The van der Waals surface area contributed by atoms with E-state index in [1.165, 1.54) is 0 Å². The van der Waals surface area contributed by atoms with Crippen LogP contribution in [0, 0.1) is 13.8 Å². The van der Waals surface area contributed by atoms with E-state index in [1.807, 2.05) is 19.9 Å². The minimum atomic E-state index is 0.467. The topological polar surface area (TPSA) is 41.6 Å².